The van der Waals surface area contributed by atoms with Gasteiger partial charge < -0.3 is 9.73 Å². The van der Waals surface area contributed by atoms with E-state index in [9.17, 15) is 0 Å². The summed E-state index contributed by atoms with van der Waals surface area (Å²) < 4.78 is 5.74. The van der Waals surface area contributed by atoms with Crippen LogP contribution in [0.15, 0.2) is 28.7 Å². The van der Waals surface area contributed by atoms with Crippen LogP contribution in [0, 0.1) is 0 Å². The van der Waals surface area contributed by atoms with Crippen molar-refractivity contribution in [2.24, 2.45) is 0 Å². The smallest absolute Gasteiger partial charge is 0.323 e. The molecule has 0 spiro atoms. The molecule has 1 N–H and O–H groups in total. The van der Waals surface area contributed by atoms with Gasteiger partial charge in [-0.15, -0.1) is 5.10 Å². The maximum atomic E-state index is 5.74. The topological polar surface area (TPSA) is 54.2 Å². The van der Waals surface area contributed by atoms with Gasteiger partial charge in [0.25, 0.3) is 0 Å². The first kappa shape index (κ1) is 12.2. The summed E-state index contributed by atoms with van der Waals surface area (Å²) in [6, 6.07) is 9.31. The summed E-state index contributed by atoms with van der Waals surface area (Å²) >= 11 is 0. The second kappa shape index (κ2) is 5.01. The highest BCUT2D eigenvalue weighted by Crippen LogP contribution is 2.37. The van der Waals surface area contributed by atoms with Crippen molar-refractivity contribution >= 4 is 11.7 Å². The van der Waals surface area contributed by atoms with Crippen molar-refractivity contribution < 1.29 is 4.42 Å². The molecule has 0 saturated carbocycles. The molecule has 2 aromatic rings. The van der Waals surface area contributed by atoms with Gasteiger partial charge in [-0.1, -0.05) is 30.2 Å². The molecular formula is C14H18N4O. The van der Waals surface area contributed by atoms with Crippen LogP contribution in [0.1, 0.15) is 25.3 Å². The Labute approximate surface area is 112 Å². The molecule has 5 nitrogen and oxygen atoms in total. The molecule has 3 rings (SSSR count). The molecule has 5 heteroatoms. The van der Waals surface area contributed by atoms with Gasteiger partial charge in [-0.25, -0.2) is 0 Å². The zero-order chi connectivity index (χ0) is 13.2. The number of nitrogens with zero attached hydrogens (tertiary/aromatic N) is 3. The molecule has 100 valence electrons. The van der Waals surface area contributed by atoms with E-state index in [0.717, 1.165) is 13.0 Å². The number of nitrogens with one attached hydrogen (secondary N) is 1. The van der Waals surface area contributed by atoms with Crippen LogP contribution in [0.25, 0.3) is 0 Å². The molecule has 19 heavy (non-hydrogen) atoms. The first-order valence-electron chi connectivity index (χ1n) is 6.70. The third kappa shape index (κ3) is 2.21. The number of rotatable bonds is 4. The van der Waals surface area contributed by atoms with Crippen molar-refractivity contribution in [3.05, 3.63) is 35.7 Å². The Morgan fingerprint density at radius 3 is 3.05 bits per heavy atom. The highest BCUT2D eigenvalue weighted by molar-refractivity contribution is 5.65. The zero-order valence-electron chi connectivity index (χ0n) is 11.3. The second-order valence-electron chi connectivity index (χ2n) is 4.81. The molecule has 1 unspecified atom stereocenters. The Bertz CT molecular complexity index is 566. The predicted molar refractivity (Wildman–Crippen MR) is 73.4 cm³/mol. The number of fused-ring (bicyclic) bond motifs is 1. The average Bonchev–Trinajstić information content (AvgIpc) is 2.99. The van der Waals surface area contributed by atoms with Gasteiger partial charge in [-0.2, -0.15) is 0 Å². The zero-order valence-corrected chi connectivity index (χ0v) is 11.3. The van der Waals surface area contributed by atoms with Crippen molar-refractivity contribution in [1.82, 2.24) is 15.5 Å². The largest absolute Gasteiger partial charge is 0.406 e. The molecule has 1 aliphatic rings. The monoisotopic (exact) mass is 258 g/mol. The lowest BCUT2D eigenvalue weighted by atomic mass is 10.1. The highest BCUT2D eigenvalue weighted by Gasteiger charge is 2.30. The van der Waals surface area contributed by atoms with Crippen LogP contribution in [0.3, 0.4) is 0 Å². The van der Waals surface area contributed by atoms with Crippen LogP contribution in [0.5, 0.6) is 0 Å². The van der Waals surface area contributed by atoms with E-state index in [-0.39, 0.29) is 0 Å². The lowest BCUT2D eigenvalue weighted by Gasteiger charge is -2.19. The minimum atomic E-state index is 0.352. The fourth-order valence-corrected chi connectivity index (χ4v) is 2.50. The molecule has 1 aromatic heterocycles. The molecule has 0 aliphatic carbocycles. The van der Waals surface area contributed by atoms with E-state index in [4.69, 9.17) is 4.42 Å². The summed E-state index contributed by atoms with van der Waals surface area (Å²) in [5.74, 6) is 0.633. The molecule has 1 aromatic carbocycles. The van der Waals surface area contributed by atoms with Gasteiger partial charge in [0.2, 0.25) is 5.89 Å². The third-order valence-corrected chi connectivity index (χ3v) is 3.40. The molecule has 0 saturated heterocycles. The van der Waals surface area contributed by atoms with Crippen LogP contribution in [-0.2, 0) is 13.0 Å². The van der Waals surface area contributed by atoms with Crippen molar-refractivity contribution in [3.8, 4) is 0 Å². The molecular weight excluding hydrogens is 240 g/mol. The Morgan fingerprint density at radius 1 is 1.37 bits per heavy atom. The van der Waals surface area contributed by atoms with Crippen LogP contribution in [0.2, 0.25) is 0 Å². The van der Waals surface area contributed by atoms with Gasteiger partial charge in [0, 0.05) is 11.7 Å². The van der Waals surface area contributed by atoms with Gasteiger partial charge in [-0.3, -0.25) is 4.90 Å². The fraction of sp³-hybridized carbons (Fsp3) is 0.429. The molecule has 0 bridgehead atoms. The first-order chi connectivity index (χ1) is 9.29. The summed E-state index contributed by atoms with van der Waals surface area (Å²) in [5.41, 5.74) is 2.51. The molecule has 1 atom stereocenters. The van der Waals surface area contributed by atoms with Crippen molar-refractivity contribution in [2.75, 3.05) is 11.4 Å². The summed E-state index contributed by atoms with van der Waals surface area (Å²) in [4.78, 5) is 2.12. The molecule has 1 aliphatic heterocycles. The van der Waals surface area contributed by atoms with Gasteiger partial charge in [0.15, 0.2) is 0 Å². The lowest BCUT2D eigenvalue weighted by molar-refractivity contribution is 0.467. The van der Waals surface area contributed by atoms with E-state index >= 15 is 0 Å². The maximum absolute atomic E-state index is 5.74. The van der Waals surface area contributed by atoms with E-state index in [1.54, 1.807) is 0 Å². The van der Waals surface area contributed by atoms with E-state index < -0.39 is 0 Å². The molecule has 2 heterocycles. The van der Waals surface area contributed by atoms with Crippen LogP contribution >= 0.6 is 0 Å². The standard InChI is InChI=1S/C14H18N4O/c1-3-15-9-13-16-17-14(19-13)18-10(2)8-11-6-4-5-7-12(11)18/h4-7,10,15H,3,8-9H2,1-2H3. The van der Waals surface area contributed by atoms with E-state index in [1.807, 2.05) is 6.07 Å². The van der Waals surface area contributed by atoms with E-state index in [2.05, 4.69) is 52.5 Å². The number of benzene rings is 1. The third-order valence-electron chi connectivity index (χ3n) is 3.40. The lowest BCUT2D eigenvalue weighted by Crippen LogP contribution is -2.24. The summed E-state index contributed by atoms with van der Waals surface area (Å²) in [6.45, 7) is 5.73. The Morgan fingerprint density at radius 2 is 2.21 bits per heavy atom. The summed E-state index contributed by atoms with van der Waals surface area (Å²) in [6.07, 6.45) is 1.01. The van der Waals surface area contributed by atoms with Crippen molar-refractivity contribution in [2.45, 2.75) is 32.9 Å². The number of hydrogen-bond donors (Lipinski definition) is 1. The Hall–Kier alpha value is -1.88. The second-order valence-corrected chi connectivity index (χ2v) is 4.81. The highest BCUT2D eigenvalue weighted by atomic mass is 16.4. The van der Waals surface area contributed by atoms with Gasteiger partial charge >= 0.3 is 6.01 Å². The number of aromatic nitrogens is 2. The number of hydrogen-bond acceptors (Lipinski definition) is 5. The van der Waals surface area contributed by atoms with Gasteiger partial charge in [0.05, 0.1) is 6.54 Å². The molecule has 0 fully saturated rings. The summed E-state index contributed by atoms with van der Waals surface area (Å²) in [5, 5.41) is 11.4. The quantitative estimate of drug-likeness (QED) is 0.911. The Balaban J connectivity index is 1.87. The fourth-order valence-electron chi connectivity index (χ4n) is 2.50. The SMILES string of the molecule is CCNCc1nnc(N2c3ccccc3CC2C)o1. The molecule has 0 radical (unpaired) electrons. The van der Waals surface area contributed by atoms with Gasteiger partial charge in [0.1, 0.15) is 0 Å². The van der Waals surface area contributed by atoms with Crippen molar-refractivity contribution in [3.63, 3.8) is 0 Å². The van der Waals surface area contributed by atoms with Crippen molar-refractivity contribution in [1.29, 1.82) is 0 Å². The maximum Gasteiger partial charge on any atom is 0.323 e. The number of anilines is 2. The van der Waals surface area contributed by atoms with Crippen LogP contribution in [-0.4, -0.2) is 22.8 Å². The average molecular weight is 258 g/mol. The number of para-hydroxylation sites is 1. The Kier molecular flexibility index (Phi) is 3.21. The van der Waals surface area contributed by atoms with Crippen LogP contribution < -0.4 is 10.2 Å². The normalized spacial score (nSPS) is 17.8. The van der Waals surface area contributed by atoms with E-state index in [1.165, 1.54) is 11.3 Å². The summed E-state index contributed by atoms with van der Waals surface area (Å²) in [7, 11) is 0. The predicted octanol–water partition coefficient (Wildman–Crippen LogP) is 2.26. The molecule has 0 amide bonds. The van der Waals surface area contributed by atoms with Gasteiger partial charge in [-0.05, 0) is 31.5 Å². The van der Waals surface area contributed by atoms with Crippen LogP contribution in [0.4, 0.5) is 11.7 Å². The minimum Gasteiger partial charge on any atom is -0.406 e. The first-order valence-corrected chi connectivity index (χ1v) is 6.70. The van der Waals surface area contributed by atoms with E-state index in [0.29, 0.717) is 24.5 Å². The minimum absolute atomic E-state index is 0.352.